The number of nitrogens with one attached hydrogen (secondary N) is 1. The van der Waals surface area contributed by atoms with Gasteiger partial charge < -0.3 is 14.8 Å². The number of piperidine rings is 1. The molecule has 2 aliphatic rings. The summed E-state index contributed by atoms with van der Waals surface area (Å²) in [5.41, 5.74) is 0.410. The molecule has 1 saturated carbocycles. The van der Waals surface area contributed by atoms with Crippen LogP contribution in [0.4, 0.5) is 0 Å². The molecule has 24 heavy (non-hydrogen) atoms. The van der Waals surface area contributed by atoms with Crippen molar-refractivity contribution in [2.24, 2.45) is 16.3 Å². The SMILES string of the molecule is CCNC(=NCC1(C)CCCC1)N1CCC(C)C(n2ccnc2)C1. The highest BCUT2D eigenvalue weighted by molar-refractivity contribution is 5.80. The Morgan fingerprint density at radius 3 is 2.83 bits per heavy atom. The second kappa shape index (κ2) is 7.58. The molecule has 2 heterocycles. The molecule has 5 heteroatoms. The van der Waals surface area contributed by atoms with Crippen molar-refractivity contribution in [2.75, 3.05) is 26.2 Å². The van der Waals surface area contributed by atoms with E-state index >= 15 is 0 Å². The highest BCUT2D eigenvalue weighted by Crippen LogP contribution is 2.37. The second-order valence-corrected chi connectivity index (χ2v) is 7.98. The first-order valence-corrected chi connectivity index (χ1v) is 9.62. The molecular weight excluding hydrogens is 298 g/mol. The third-order valence-electron chi connectivity index (χ3n) is 5.88. The number of hydrogen-bond donors (Lipinski definition) is 1. The molecule has 2 fully saturated rings. The van der Waals surface area contributed by atoms with Crippen molar-refractivity contribution in [3.63, 3.8) is 0 Å². The normalized spacial score (nSPS) is 27.5. The Bertz CT molecular complexity index is 530. The summed E-state index contributed by atoms with van der Waals surface area (Å²) in [6, 6.07) is 0.479. The van der Waals surface area contributed by atoms with E-state index in [1.165, 1.54) is 32.1 Å². The van der Waals surface area contributed by atoms with Gasteiger partial charge in [-0.05, 0) is 37.5 Å². The number of rotatable bonds is 4. The number of aromatic nitrogens is 2. The van der Waals surface area contributed by atoms with E-state index in [2.05, 4.69) is 46.7 Å². The second-order valence-electron chi connectivity index (χ2n) is 7.98. The molecule has 134 valence electrons. The Morgan fingerprint density at radius 1 is 1.38 bits per heavy atom. The molecular formula is C19H33N5. The Labute approximate surface area is 146 Å². The molecule has 0 aromatic carbocycles. The molecule has 1 N–H and O–H groups in total. The summed E-state index contributed by atoms with van der Waals surface area (Å²) in [4.78, 5) is 11.7. The van der Waals surface area contributed by atoms with Gasteiger partial charge in [-0.1, -0.05) is 26.7 Å². The largest absolute Gasteiger partial charge is 0.357 e. The van der Waals surface area contributed by atoms with Crippen molar-refractivity contribution >= 4 is 5.96 Å². The third-order valence-corrected chi connectivity index (χ3v) is 5.88. The minimum Gasteiger partial charge on any atom is -0.357 e. The topological polar surface area (TPSA) is 45.5 Å². The molecule has 0 radical (unpaired) electrons. The van der Waals surface area contributed by atoms with E-state index in [0.717, 1.165) is 32.1 Å². The maximum atomic E-state index is 5.04. The molecule has 0 amide bonds. The van der Waals surface area contributed by atoms with Gasteiger partial charge >= 0.3 is 0 Å². The van der Waals surface area contributed by atoms with Crippen molar-refractivity contribution in [2.45, 2.75) is 58.9 Å². The molecule has 0 spiro atoms. The summed E-state index contributed by atoms with van der Waals surface area (Å²) in [5, 5.41) is 3.53. The highest BCUT2D eigenvalue weighted by atomic mass is 15.3. The number of guanidine groups is 1. The van der Waals surface area contributed by atoms with E-state index in [1.54, 1.807) is 0 Å². The molecule has 1 aliphatic heterocycles. The Morgan fingerprint density at radius 2 is 2.17 bits per heavy atom. The zero-order valence-electron chi connectivity index (χ0n) is 15.5. The lowest BCUT2D eigenvalue weighted by molar-refractivity contribution is 0.188. The maximum absolute atomic E-state index is 5.04. The van der Waals surface area contributed by atoms with E-state index in [0.29, 0.717) is 17.4 Å². The quantitative estimate of drug-likeness (QED) is 0.680. The average molecular weight is 332 g/mol. The standard InChI is InChI=1S/C19H33N5/c1-4-21-18(22-14-19(3)8-5-6-9-19)23-11-7-16(2)17(13-23)24-12-10-20-15-24/h10,12,15-17H,4-9,11,13-14H2,1-3H3,(H,21,22). The number of hydrogen-bond acceptors (Lipinski definition) is 2. The summed E-state index contributed by atoms with van der Waals surface area (Å²) in [6.07, 6.45) is 12.5. The first-order chi connectivity index (χ1) is 11.6. The van der Waals surface area contributed by atoms with Gasteiger partial charge in [0.25, 0.3) is 0 Å². The van der Waals surface area contributed by atoms with E-state index in [-0.39, 0.29) is 0 Å². The van der Waals surface area contributed by atoms with Crippen LogP contribution in [0.25, 0.3) is 0 Å². The van der Waals surface area contributed by atoms with Crippen molar-refractivity contribution < 1.29 is 0 Å². The van der Waals surface area contributed by atoms with Gasteiger partial charge in [0.2, 0.25) is 0 Å². The van der Waals surface area contributed by atoms with E-state index < -0.39 is 0 Å². The predicted octanol–water partition coefficient (Wildman–Crippen LogP) is 3.31. The van der Waals surface area contributed by atoms with Crippen LogP contribution < -0.4 is 5.32 Å². The van der Waals surface area contributed by atoms with Crippen LogP contribution in [0.5, 0.6) is 0 Å². The van der Waals surface area contributed by atoms with Crippen LogP contribution in [0.15, 0.2) is 23.7 Å². The summed E-state index contributed by atoms with van der Waals surface area (Å²) in [6.45, 7) is 10.9. The van der Waals surface area contributed by atoms with Gasteiger partial charge in [-0.15, -0.1) is 0 Å². The zero-order valence-corrected chi connectivity index (χ0v) is 15.5. The number of nitrogens with zero attached hydrogens (tertiary/aromatic N) is 4. The van der Waals surface area contributed by atoms with E-state index in [9.17, 15) is 0 Å². The van der Waals surface area contributed by atoms with E-state index in [4.69, 9.17) is 4.99 Å². The molecule has 1 aromatic heterocycles. The van der Waals surface area contributed by atoms with Gasteiger partial charge in [0, 0.05) is 38.6 Å². The average Bonchev–Trinajstić information content (AvgIpc) is 3.24. The fourth-order valence-electron chi connectivity index (χ4n) is 4.17. The van der Waals surface area contributed by atoms with Crippen molar-refractivity contribution in [3.05, 3.63) is 18.7 Å². The van der Waals surface area contributed by atoms with Crippen LogP contribution in [0.3, 0.4) is 0 Å². The molecule has 3 rings (SSSR count). The summed E-state index contributed by atoms with van der Waals surface area (Å²) in [5.74, 6) is 1.77. The van der Waals surface area contributed by atoms with Gasteiger partial charge in [0.15, 0.2) is 5.96 Å². The number of aliphatic imine (C=N–C) groups is 1. The first-order valence-electron chi connectivity index (χ1n) is 9.62. The lowest BCUT2D eigenvalue weighted by Crippen LogP contribution is -2.49. The molecule has 1 aromatic rings. The van der Waals surface area contributed by atoms with Crippen LogP contribution in [-0.4, -0.2) is 46.6 Å². The van der Waals surface area contributed by atoms with Gasteiger partial charge in [-0.3, -0.25) is 4.99 Å². The monoisotopic (exact) mass is 331 g/mol. The van der Waals surface area contributed by atoms with Crippen molar-refractivity contribution in [1.29, 1.82) is 0 Å². The van der Waals surface area contributed by atoms with Gasteiger partial charge in [-0.2, -0.15) is 0 Å². The van der Waals surface area contributed by atoms with Gasteiger partial charge in [0.1, 0.15) is 0 Å². The minimum absolute atomic E-state index is 0.410. The van der Waals surface area contributed by atoms with Gasteiger partial charge in [0.05, 0.1) is 12.4 Å². The molecule has 2 unspecified atom stereocenters. The Kier molecular flexibility index (Phi) is 5.47. The van der Waals surface area contributed by atoms with Crippen LogP contribution in [0.2, 0.25) is 0 Å². The molecule has 1 saturated heterocycles. The van der Waals surface area contributed by atoms with Crippen molar-refractivity contribution in [1.82, 2.24) is 19.8 Å². The number of likely N-dealkylation sites (tertiary alicyclic amines) is 1. The molecule has 5 nitrogen and oxygen atoms in total. The van der Waals surface area contributed by atoms with Crippen LogP contribution in [0, 0.1) is 11.3 Å². The summed E-state index contributed by atoms with van der Waals surface area (Å²) < 4.78 is 2.26. The fourth-order valence-corrected chi connectivity index (χ4v) is 4.17. The summed E-state index contributed by atoms with van der Waals surface area (Å²) >= 11 is 0. The Balaban J connectivity index is 1.70. The first kappa shape index (κ1) is 17.3. The lowest BCUT2D eigenvalue weighted by Gasteiger charge is -2.39. The Hall–Kier alpha value is -1.52. The van der Waals surface area contributed by atoms with E-state index in [1.807, 2.05) is 12.5 Å². The lowest BCUT2D eigenvalue weighted by atomic mass is 9.89. The maximum Gasteiger partial charge on any atom is 0.194 e. The molecule has 0 bridgehead atoms. The predicted molar refractivity (Wildman–Crippen MR) is 99.2 cm³/mol. The minimum atomic E-state index is 0.410. The van der Waals surface area contributed by atoms with Gasteiger partial charge in [-0.25, -0.2) is 4.98 Å². The molecule has 2 atom stereocenters. The van der Waals surface area contributed by atoms with Crippen LogP contribution in [-0.2, 0) is 0 Å². The fraction of sp³-hybridized carbons (Fsp3) is 0.789. The number of imidazole rings is 1. The van der Waals surface area contributed by atoms with Crippen LogP contribution >= 0.6 is 0 Å². The van der Waals surface area contributed by atoms with Crippen molar-refractivity contribution in [3.8, 4) is 0 Å². The zero-order chi connectivity index (χ0) is 17.0. The third kappa shape index (κ3) is 3.93. The summed E-state index contributed by atoms with van der Waals surface area (Å²) in [7, 11) is 0. The molecule has 1 aliphatic carbocycles. The van der Waals surface area contributed by atoms with Crippen LogP contribution in [0.1, 0.15) is 58.9 Å². The smallest absolute Gasteiger partial charge is 0.194 e. The highest BCUT2D eigenvalue weighted by Gasteiger charge is 2.31.